The van der Waals surface area contributed by atoms with Crippen LogP contribution in [0.25, 0.3) is 0 Å². The minimum atomic E-state index is -0.476. The van der Waals surface area contributed by atoms with E-state index in [1.807, 2.05) is 19.1 Å². The molecule has 0 spiro atoms. The smallest absolute Gasteiger partial charge is 0.191 e. The van der Waals surface area contributed by atoms with Gasteiger partial charge in [-0.3, -0.25) is 9.89 Å². The molecule has 6 nitrogen and oxygen atoms in total. The third-order valence-corrected chi connectivity index (χ3v) is 4.73. The molecule has 1 aromatic carbocycles. The van der Waals surface area contributed by atoms with E-state index in [9.17, 15) is 5.11 Å². The Balaban J connectivity index is 0.00000280. The average molecular weight is 498 g/mol. The fraction of sp³-hybridized carbons (Fsp3) is 0.476. The van der Waals surface area contributed by atoms with Crippen LogP contribution in [0, 0.1) is 0 Å². The highest BCUT2D eigenvalue weighted by atomic mass is 127. The number of β-amino-alcohol motifs (C(OH)–C–C–N with tert-alkyl or cyclic N) is 1. The number of furan rings is 1. The van der Waals surface area contributed by atoms with E-state index >= 15 is 0 Å². The molecule has 0 fully saturated rings. The van der Waals surface area contributed by atoms with E-state index < -0.39 is 6.10 Å². The summed E-state index contributed by atoms with van der Waals surface area (Å²) in [5.74, 6) is 1.68. The molecule has 28 heavy (non-hydrogen) atoms. The van der Waals surface area contributed by atoms with E-state index in [2.05, 4.69) is 44.8 Å². The lowest BCUT2D eigenvalue weighted by Crippen LogP contribution is -2.40. The maximum absolute atomic E-state index is 10.4. The molecule has 0 bridgehead atoms. The zero-order valence-corrected chi connectivity index (χ0v) is 18.8. The van der Waals surface area contributed by atoms with E-state index in [-0.39, 0.29) is 24.0 Å². The fourth-order valence-corrected chi connectivity index (χ4v) is 3.36. The lowest BCUT2D eigenvalue weighted by Gasteiger charge is -2.30. The molecule has 1 atom stereocenters. The first-order chi connectivity index (χ1) is 13.2. The first kappa shape index (κ1) is 22.7. The number of fused-ring (bicyclic) bond motifs is 1. The zero-order valence-electron chi connectivity index (χ0n) is 16.4. The second-order valence-electron chi connectivity index (χ2n) is 6.88. The summed E-state index contributed by atoms with van der Waals surface area (Å²) in [6.07, 6.45) is 3.05. The molecule has 154 valence electrons. The van der Waals surface area contributed by atoms with Crippen LogP contribution in [-0.2, 0) is 19.4 Å². The molecule has 0 radical (unpaired) electrons. The van der Waals surface area contributed by atoms with Gasteiger partial charge in [0.2, 0.25) is 0 Å². The molecule has 1 unspecified atom stereocenters. The second-order valence-corrected chi connectivity index (χ2v) is 6.88. The molecule has 3 rings (SSSR count). The Morgan fingerprint density at radius 1 is 1.21 bits per heavy atom. The predicted octanol–water partition coefficient (Wildman–Crippen LogP) is 2.41. The average Bonchev–Trinajstić information content (AvgIpc) is 3.19. The third-order valence-electron chi connectivity index (χ3n) is 4.73. The summed E-state index contributed by atoms with van der Waals surface area (Å²) in [7, 11) is 0. The summed E-state index contributed by atoms with van der Waals surface area (Å²) >= 11 is 0. The number of aliphatic hydroxyl groups excluding tert-OH is 1. The van der Waals surface area contributed by atoms with Crippen molar-refractivity contribution in [3.63, 3.8) is 0 Å². The summed E-state index contributed by atoms with van der Waals surface area (Å²) < 4.78 is 5.34. The van der Waals surface area contributed by atoms with Gasteiger partial charge in [-0.25, -0.2) is 0 Å². The SMILES string of the molecule is CCNC(=NCC(O)CN1CCc2ccccc2C1)NCCc1ccco1.I. The number of aliphatic imine (C=N–C) groups is 1. The Labute approximate surface area is 184 Å². The van der Waals surface area contributed by atoms with Crippen molar-refractivity contribution in [2.24, 2.45) is 4.99 Å². The molecule has 1 aromatic heterocycles. The quantitative estimate of drug-likeness (QED) is 0.296. The molecule has 0 saturated carbocycles. The molecule has 0 aliphatic carbocycles. The van der Waals surface area contributed by atoms with Gasteiger partial charge in [0.05, 0.1) is 18.9 Å². The van der Waals surface area contributed by atoms with E-state index in [0.717, 1.165) is 50.7 Å². The molecule has 0 amide bonds. The normalized spacial score (nSPS) is 15.4. The molecule has 7 heteroatoms. The highest BCUT2D eigenvalue weighted by molar-refractivity contribution is 14.0. The Kier molecular flexibility index (Phi) is 9.80. The van der Waals surface area contributed by atoms with Crippen LogP contribution in [-0.4, -0.2) is 54.8 Å². The van der Waals surface area contributed by atoms with Crippen LogP contribution in [0.3, 0.4) is 0 Å². The van der Waals surface area contributed by atoms with Gasteiger partial charge in [0.15, 0.2) is 5.96 Å². The van der Waals surface area contributed by atoms with Gasteiger partial charge in [-0.1, -0.05) is 24.3 Å². The molecule has 2 aromatic rings. The van der Waals surface area contributed by atoms with Gasteiger partial charge in [-0.05, 0) is 36.6 Å². The van der Waals surface area contributed by atoms with Crippen LogP contribution in [0.2, 0.25) is 0 Å². The Hall–Kier alpha value is -1.58. The first-order valence-electron chi connectivity index (χ1n) is 9.76. The summed E-state index contributed by atoms with van der Waals surface area (Å²) in [6, 6.07) is 12.4. The van der Waals surface area contributed by atoms with Crippen molar-refractivity contribution in [3.05, 3.63) is 59.5 Å². The van der Waals surface area contributed by atoms with Gasteiger partial charge in [0.1, 0.15) is 5.76 Å². The standard InChI is InChI=1S/C21H30N4O2.HI/c1-2-22-21(23-11-9-20-8-5-13-27-20)24-14-19(26)16-25-12-10-17-6-3-4-7-18(17)15-25;/h3-8,13,19,26H,2,9-12,14-16H2,1H3,(H2,22,23,24);1H. The Bertz CT molecular complexity index is 721. The number of halogens is 1. The second kappa shape index (κ2) is 12.1. The van der Waals surface area contributed by atoms with Gasteiger partial charge >= 0.3 is 0 Å². The molecular weight excluding hydrogens is 467 g/mol. The number of aliphatic hydroxyl groups is 1. The highest BCUT2D eigenvalue weighted by Gasteiger charge is 2.18. The highest BCUT2D eigenvalue weighted by Crippen LogP contribution is 2.18. The summed E-state index contributed by atoms with van der Waals surface area (Å²) in [4.78, 5) is 6.83. The maximum atomic E-state index is 10.4. The number of hydrogen-bond donors (Lipinski definition) is 3. The van der Waals surface area contributed by atoms with Crippen LogP contribution in [0.15, 0.2) is 52.1 Å². The summed E-state index contributed by atoms with van der Waals surface area (Å²) in [5.41, 5.74) is 2.80. The van der Waals surface area contributed by atoms with Gasteiger partial charge in [0, 0.05) is 39.1 Å². The minimum Gasteiger partial charge on any atom is -0.469 e. The van der Waals surface area contributed by atoms with Crippen molar-refractivity contribution in [1.82, 2.24) is 15.5 Å². The van der Waals surface area contributed by atoms with Crippen molar-refractivity contribution in [2.45, 2.75) is 32.4 Å². The minimum absolute atomic E-state index is 0. The number of benzene rings is 1. The molecule has 0 saturated heterocycles. The monoisotopic (exact) mass is 498 g/mol. The number of rotatable bonds is 8. The van der Waals surface area contributed by atoms with E-state index in [4.69, 9.17) is 4.42 Å². The zero-order chi connectivity index (χ0) is 18.9. The van der Waals surface area contributed by atoms with Crippen molar-refractivity contribution in [3.8, 4) is 0 Å². The number of guanidine groups is 1. The number of hydrogen-bond acceptors (Lipinski definition) is 4. The predicted molar refractivity (Wildman–Crippen MR) is 123 cm³/mol. The summed E-state index contributed by atoms with van der Waals surface area (Å²) in [5, 5.41) is 16.9. The number of nitrogens with zero attached hydrogens (tertiary/aromatic N) is 2. The van der Waals surface area contributed by atoms with Crippen LogP contribution in [0.1, 0.15) is 23.8 Å². The van der Waals surface area contributed by atoms with Crippen molar-refractivity contribution < 1.29 is 9.52 Å². The number of nitrogens with one attached hydrogen (secondary N) is 2. The molecule has 2 heterocycles. The van der Waals surface area contributed by atoms with E-state index in [1.54, 1.807) is 6.26 Å². The molecule has 1 aliphatic rings. The van der Waals surface area contributed by atoms with Crippen LogP contribution >= 0.6 is 24.0 Å². The molecule has 3 N–H and O–H groups in total. The van der Waals surface area contributed by atoms with Crippen LogP contribution in [0.4, 0.5) is 0 Å². The van der Waals surface area contributed by atoms with Crippen molar-refractivity contribution in [2.75, 3.05) is 32.7 Å². The van der Waals surface area contributed by atoms with Gasteiger partial charge < -0.3 is 20.2 Å². The van der Waals surface area contributed by atoms with Crippen molar-refractivity contribution in [1.29, 1.82) is 0 Å². The largest absolute Gasteiger partial charge is 0.469 e. The Morgan fingerprint density at radius 3 is 2.79 bits per heavy atom. The van der Waals surface area contributed by atoms with Crippen molar-refractivity contribution >= 4 is 29.9 Å². The van der Waals surface area contributed by atoms with Crippen LogP contribution in [0.5, 0.6) is 0 Å². The maximum Gasteiger partial charge on any atom is 0.191 e. The topological polar surface area (TPSA) is 73.0 Å². The van der Waals surface area contributed by atoms with E-state index in [1.165, 1.54) is 11.1 Å². The lowest BCUT2D eigenvalue weighted by atomic mass is 10.00. The van der Waals surface area contributed by atoms with Gasteiger partial charge in [-0.2, -0.15) is 0 Å². The summed E-state index contributed by atoms with van der Waals surface area (Å²) in [6.45, 7) is 6.46. The van der Waals surface area contributed by atoms with Crippen LogP contribution < -0.4 is 10.6 Å². The molecule has 1 aliphatic heterocycles. The van der Waals surface area contributed by atoms with Gasteiger partial charge in [-0.15, -0.1) is 24.0 Å². The first-order valence-corrected chi connectivity index (χ1v) is 9.76. The van der Waals surface area contributed by atoms with Gasteiger partial charge in [0.25, 0.3) is 0 Å². The fourth-order valence-electron chi connectivity index (χ4n) is 3.36. The lowest BCUT2D eigenvalue weighted by molar-refractivity contribution is 0.111. The molecular formula is C21H31IN4O2. The van der Waals surface area contributed by atoms with E-state index in [0.29, 0.717) is 13.1 Å². The Morgan fingerprint density at radius 2 is 2.04 bits per heavy atom. The third kappa shape index (κ3) is 7.10.